The summed E-state index contributed by atoms with van der Waals surface area (Å²) in [6.45, 7) is 12.0. The molecule has 2 aromatic rings. The first-order valence-electron chi connectivity index (χ1n) is 15.5. The second-order valence-corrected chi connectivity index (χ2v) is 12.8. The fraction of sp³-hybridized carbons (Fsp3) is 0.444. The predicted molar refractivity (Wildman–Crippen MR) is 170 cm³/mol. The van der Waals surface area contributed by atoms with Gasteiger partial charge in [0.25, 0.3) is 5.91 Å². The largest absolute Gasteiger partial charge is 0.444 e. The molecule has 0 N–H and O–H groups in total. The van der Waals surface area contributed by atoms with Gasteiger partial charge in [-0.15, -0.1) is 0 Å². The standard InChI is InChI=1S/C36H45N3O4/c1-6-20-36(26-42-36)27(2)38-21-14-13-19-31(32(38)29-17-11-8-12-18-29)33(40)39-23-22-37(34(41)43-35(3,4)5)25-30(39)24-28-15-9-7-10-16-28/h7-19,21,27,30H,6,20,22-26H2,1-5H3/t27?,30-,36?/m1/s1. The van der Waals surface area contributed by atoms with E-state index in [0.29, 0.717) is 31.6 Å². The van der Waals surface area contributed by atoms with Gasteiger partial charge in [-0.3, -0.25) is 4.79 Å². The molecule has 5 rings (SSSR count). The summed E-state index contributed by atoms with van der Waals surface area (Å²) < 4.78 is 11.8. The van der Waals surface area contributed by atoms with Gasteiger partial charge in [0.2, 0.25) is 0 Å². The number of benzene rings is 2. The van der Waals surface area contributed by atoms with Crippen molar-refractivity contribution in [1.82, 2.24) is 14.7 Å². The van der Waals surface area contributed by atoms with Crippen LogP contribution in [0.5, 0.6) is 0 Å². The number of ether oxygens (including phenoxy) is 2. The minimum Gasteiger partial charge on any atom is -0.444 e. The predicted octanol–water partition coefficient (Wildman–Crippen LogP) is 6.43. The molecule has 0 spiro atoms. The molecular weight excluding hydrogens is 538 g/mol. The molecule has 0 bridgehead atoms. The van der Waals surface area contributed by atoms with Gasteiger partial charge in [-0.05, 0) is 63.8 Å². The Kier molecular flexibility index (Phi) is 9.11. The number of hydrogen-bond donors (Lipinski definition) is 0. The molecule has 7 nitrogen and oxygen atoms in total. The fourth-order valence-electron chi connectivity index (χ4n) is 6.18. The molecule has 3 atom stereocenters. The van der Waals surface area contributed by atoms with Crippen LogP contribution in [0.15, 0.2) is 90.7 Å². The molecule has 0 aromatic heterocycles. The van der Waals surface area contributed by atoms with Gasteiger partial charge in [0.05, 0.1) is 30.0 Å². The first kappa shape index (κ1) is 30.6. The Balaban J connectivity index is 1.53. The van der Waals surface area contributed by atoms with Crippen molar-refractivity contribution in [3.8, 4) is 0 Å². The van der Waals surface area contributed by atoms with Crippen LogP contribution >= 0.6 is 0 Å². The van der Waals surface area contributed by atoms with Crippen molar-refractivity contribution in [2.75, 3.05) is 26.2 Å². The highest BCUT2D eigenvalue weighted by atomic mass is 16.6. The van der Waals surface area contributed by atoms with Crippen molar-refractivity contribution < 1.29 is 19.1 Å². The van der Waals surface area contributed by atoms with Gasteiger partial charge >= 0.3 is 6.09 Å². The number of carbonyl (C=O) groups is 2. The molecule has 3 heterocycles. The zero-order valence-corrected chi connectivity index (χ0v) is 26.2. The molecule has 43 heavy (non-hydrogen) atoms. The average molecular weight is 584 g/mol. The van der Waals surface area contributed by atoms with Crippen LogP contribution in [-0.4, -0.2) is 76.2 Å². The topological polar surface area (TPSA) is 65.6 Å². The van der Waals surface area contributed by atoms with Gasteiger partial charge in [0.15, 0.2) is 0 Å². The summed E-state index contributed by atoms with van der Waals surface area (Å²) in [4.78, 5) is 33.8. The van der Waals surface area contributed by atoms with Crippen LogP contribution < -0.4 is 0 Å². The van der Waals surface area contributed by atoms with Crippen molar-refractivity contribution >= 4 is 17.7 Å². The number of epoxide rings is 1. The van der Waals surface area contributed by atoms with Crippen molar-refractivity contribution in [1.29, 1.82) is 0 Å². The Bertz CT molecular complexity index is 1370. The third-order valence-electron chi connectivity index (χ3n) is 8.49. The molecule has 0 saturated carbocycles. The van der Waals surface area contributed by atoms with Crippen LogP contribution in [0.4, 0.5) is 4.79 Å². The van der Waals surface area contributed by atoms with Crippen LogP contribution in [0.1, 0.15) is 58.6 Å². The first-order chi connectivity index (χ1) is 20.6. The summed E-state index contributed by atoms with van der Waals surface area (Å²) in [5, 5.41) is 0. The number of rotatable bonds is 8. The van der Waals surface area contributed by atoms with Crippen molar-refractivity contribution in [2.24, 2.45) is 0 Å². The van der Waals surface area contributed by atoms with Gasteiger partial charge in [0, 0.05) is 25.8 Å². The number of hydrogen-bond acceptors (Lipinski definition) is 5. The number of nitrogens with zero attached hydrogens (tertiary/aromatic N) is 3. The number of carbonyl (C=O) groups excluding carboxylic acids is 2. The number of piperazine rings is 1. The van der Waals surface area contributed by atoms with Crippen LogP contribution in [0.3, 0.4) is 0 Å². The van der Waals surface area contributed by atoms with E-state index in [1.54, 1.807) is 4.90 Å². The fourth-order valence-corrected chi connectivity index (χ4v) is 6.18. The van der Waals surface area contributed by atoms with Crippen molar-refractivity contribution in [2.45, 2.75) is 77.2 Å². The highest BCUT2D eigenvalue weighted by Crippen LogP contribution is 2.42. The van der Waals surface area contributed by atoms with E-state index in [9.17, 15) is 9.59 Å². The molecule has 3 aliphatic heterocycles. The minimum absolute atomic E-state index is 0.0331. The van der Waals surface area contributed by atoms with E-state index in [4.69, 9.17) is 9.47 Å². The summed E-state index contributed by atoms with van der Waals surface area (Å²) in [6.07, 6.45) is 10.2. The maximum Gasteiger partial charge on any atom is 0.410 e. The Morgan fingerprint density at radius 2 is 1.70 bits per heavy atom. The van der Waals surface area contributed by atoms with Gasteiger partial charge in [-0.25, -0.2) is 4.79 Å². The van der Waals surface area contributed by atoms with Crippen LogP contribution in [0.25, 0.3) is 5.70 Å². The molecule has 228 valence electrons. The third-order valence-corrected chi connectivity index (χ3v) is 8.49. The second-order valence-electron chi connectivity index (χ2n) is 12.8. The highest BCUT2D eigenvalue weighted by molar-refractivity contribution is 6.04. The zero-order chi connectivity index (χ0) is 30.6. The van der Waals surface area contributed by atoms with E-state index in [1.807, 2.05) is 80.3 Å². The summed E-state index contributed by atoms with van der Waals surface area (Å²) in [6, 6.07) is 20.1. The van der Waals surface area contributed by atoms with Crippen molar-refractivity contribution in [3.63, 3.8) is 0 Å². The van der Waals surface area contributed by atoms with E-state index < -0.39 is 5.60 Å². The molecule has 2 aromatic carbocycles. The van der Waals surface area contributed by atoms with E-state index in [2.05, 4.69) is 49.2 Å². The Labute approximate surface area is 256 Å². The molecule has 0 aliphatic carbocycles. The van der Waals surface area contributed by atoms with Crippen LogP contribution in [-0.2, 0) is 20.7 Å². The second kappa shape index (κ2) is 12.8. The summed E-state index contributed by atoms with van der Waals surface area (Å²) >= 11 is 0. The molecule has 2 unspecified atom stereocenters. The highest BCUT2D eigenvalue weighted by Gasteiger charge is 2.51. The Morgan fingerprint density at radius 3 is 2.33 bits per heavy atom. The van der Waals surface area contributed by atoms with E-state index >= 15 is 0 Å². The first-order valence-corrected chi connectivity index (χ1v) is 15.5. The summed E-state index contributed by atoms with van der Waals surface area (Å²) in [7, 11) is 0. The molecule has 7 heteroatoms. The van der Waals surface area contributed by atoms with E-state index in [1.165, 1.54) is 0 Å². The molecule has 2 amide bonds. The minimum atomic E-state index is -0.590. The zero-order valence-electron chi connectivity index (χ0n) is 26.2. The number of allylic oxidation sites excluding steroid dienone is 2. The third kappa shape index (κ3) is 7.04. The van der Waals surface area contributed by atoms with Gasteiger partial charge in [-0.2, -0.15) is 0 Å². The Hall–Kier alpha value is -3.84. The molecule has 2 saturated heterocycles. The monoisotopic (exact) mass is 583 g/mol. The van der Waals surface area contributed by atoms with E-state index in [-0.39, 0.29) is 29.7 Å². The SMILES string of the molecule is CCCC1(C(C)N2C=CC=CC(C(=O)N3CCN(C(=O)OC(C)(C)C)C[C@H]3Cc3ccccc3)=C2c2ccccc2)CO1. The molecule has 2 fully saturated rings. The summed E-state index contributed by atoms with van der Waals surface area (Å²) in [5.41, 5.74) is 2.79. The molecule has 3 aliphatic rings. The van der Waals surface area contributed by atoms with E-state index in [0.717, 1.165) is 36.3 Å². The normalized spacial score (nSPS) is 22.8. The van der Waals surface area contributed by atoms with Gasteiger partial charge in [0.1, 0.15) is 11.2 Å². The summed E-state index contributed by atoms with van der Waals surface area (Å²) in [5.74, 6) is -0.0398. The average Bonchev–Trinajstić information content (AvgIpc) is 3.80. The quantitative estimate of drug-likeness (QED) is 0.335. The lowest BCUT2D eigenvalue weighted by Crippen LogP contribution is -2.58. The number of amides is 2. The molecular formula is C36H45N3O4. The lowest BCUT2D eigenvalue weighted by atomic mass is 9.93. The smallest absolute Gasteiger partial charge is 0.410 e. The lowest BCUT2D eigenvalue weighted by Gasteiger charge is -2.42. The van der Waals surface area contributed by atoms with Crippen LogP contribution in [0, 0.1) is 0 Å². The maximum atomic E-state index is 14.8. The van der Waals surface area contributed by atoms with Gasteiger partial charge in [-0.1, -0.05) is 80.1 Å². The molecule has 0 radical (unpaired) electrons. The lowest BCUT2D eigenvalue weighted by molar-refractivity contribution is -0.131. The van der Waals surface area contributed by atoms with Crippen molar-refractivity contribution in [3.05, 3.63) is 102 Å². The van der Waals surface area contributed by atoms with Crippen LogP contribution in [0.2, 0.25) is 0 Å². The Morgan fingerprint density at radius 1 is 1.02 bits per heavy atom. The maximum absolute atomic E-state index is 14.8. The van der Waals surface area contributed by atoms with Gasteiger partial charge < -0.3 is 24.2 Å².